The molecule has 0 radical (unpaired) electrons. The zero-order valence-corrected chi connectivity index (χ0v) is 20.2. The van der Waals surface area contributed by atoms with Gasteiger partial charge in [-0.2, -0.15) is 0 Å². The van der Waals surface area contributed by atoms with Gasteiger partial charge in [0.1, 0.15) is 13.2 Å². The van der Waals surface area contributed by atoms with Crippen molar-refractivity contribution < 1.29 is 33.5 Å². The van der Waals surface area contributed by atoms with Crippen molar-refractivity contribution >= 4 is 40.6 Å². The lowest BCUT2D eigenvalue weighted by molar-refractivity contribution is -0.385. The minimum Gasteiger partial charge on any atom is -0.493 e. The molecule has 11 heteroatoms. The molecule has 1 saturated heterocycles. The maximum atomic E-state index is 12.8. The van der Waals surface area contributed by atoms with Crippen molar-refractivity contribution in [1.82, 2.24) is 4.90 Å². The highest BCUT2D eigenvalue weighted by molar-refractivity contribution is 8.18. The first-order valence-corrected chi connectivity index (χ1v) is 11.5. The van der Waals surface area contributed by atoms with Crippen LogP contribution >= 0.6 is 11.8 Å². The van der Waals surface area contributed by atoms with Gasteiger partial charge in [0.15, 0.2) is 11.5 Å². The molecule has 1 aliphatic rings. The van der Waals surface area contributed by atoms with E-state index in [0.29, 0.717) is 18.2 Å². The minimum atomic E-state index is -0.737. The normalized spacial score (nSPS) is 15.3. The predicted molar refractivity (Wildman–Crippen MR) is 129 cm³/mol. The van der Waals surface area contributed by atoms with Gasteiger partial charge in [0.05, 0.1) is 34.7 Å². The minimum absolute atomic E-state index is 0.0478. The van der Waals surface area contributed by atoms with Gasteiger partial charge in [0.2, 0.25) is 0 Å². The van der Waals surface area contributed by atoms with Crippen LogP contribution in [0, 0.1) is 10.1 Å². The number of ether oxygens (including phenoxy) is 3. The van der Waals surface area contributed by atoms with Crippen molar-refractivity contribution in [2.45, 2.75) is 33.0 Å². The second kappa shape index (κ2) is 11.5. The number of imide groups is 1. The molecule has 2 aromatic rings. The van der Waals surface area contributed by atoms with Gasteiger partial charge in [-0.1, -0.05) is 37.3 Å². The lowest BCUT2D eigenvalue weighted by atomic mass is 10.1. The Kier molecular flexibility index (Phi) is 8.48. The van der Waals surface area contributed by atoms with Gasteiger partial charge < -0.3 is 14.2 Å². The zero-order valence-electron chi connectivity index (χ0n) is 19.4. The molecule has 1 aliphatic heterocycles. The summed E-state index contributed by atoms with van der Waals surface area (Å²) < 4.78 is 16.2. The van der Waals surface area contributed by atoms with E-state index in [1.165, 1.54) is 25.3 Å². The van der Waals surface area contributed by atoms with Crippen molar-refractivity contribution in [2.75, 3.05) is 13.7 Å². The van der Waals surface area contributed by atoms with Crippen LogP contribution in [0.1, 0.15) is 31.4 Å². The lowest BCUT2D eigenvalue weighted by Crippen LogP contribution is -2.35. The van der Waals surface area contributed by atoms with Crippen molar-refractivity contribution in [3.8, 4) is 11.5 Å². The Bertz CT molecular complexity index is 1170. The molecule has 0 aliphatic carbocycles. The number of nitro groups is 1. The zero-order chi connectivity index (χ0) is 25.5. The van der Waals surface area contributed by atoms with E-state index in [9.17, 15) is 24.5 Å². The standard InChI is InChI=1S/C24H24N2O8S/c1-4-15(2)34-22(27)13-25-23(28)21(35-24(25)29)11-17-10-19(32-3)20(12-18(17)26(30)31)33-14-16-8-6-5-7-9-16/h5-12,15H,4,13-14H2,1-3H3/b21-11+/t15-/m1/s1. The van der Waals surface area contributed by atoms with Gasteiger partial charge in [0, 0.05) is 0 Å². The second-order valence-electron chi connectivity index (χ2n) is 7.57. The van der Waals surface area contributed by atoms with E-state index >= 15 is 0 Å². The monoisotopic (exact) mass is 500 g/mol. The fourth-order valence-electron chi connectivity index (χ4n) is 3.10. The third-order valence-electron chi connectivity index (χ3n) is 5.10. The highest BCUT2D eigenvalue weighted by Crippen LogP contribution is 2.39. The third kappa shape index (κ3) is 6.38. The molecule has 0 spiro atoms. The van der Waals surface area contributed by atoms with E-state index in [0.717, 1.165) is 10.5 Å². The number of rotatable bonds is 10. The number of amides is 2. The van der Waals surface area contributed by atoms with Gasteiger partial charge in [-0.05, 0) is 42.8 Å². The Morgan fingerprint density at radius 1 is 1.20 bits per heavy atom. The summed E-state index contributed by atoms with van der Waals surface area (Å²) in [6.45, 7) is 3.16. The van der Waals surface area contributed by atoms with Crippen LogP contribution in [0.3, 0.4) is 0 Å². The van der Waals surface area contributed by atoms with Gasteiger partial charge in [-0.15, -0.1) is 0 Å². The van der Waals surface area contributed by atoms with E-state index in [4.69, 9.17) is 14.2 Å². The number of thioether (sulfide) groups is 1. The van der Waals surface area contributed by atoms with E-state index in [1.54, 1.807) is 6.92 Å². The van der Waals surface area contributed by atoms with E-state index < -0.39 is 28.6 Å². The molecule has 184 valence electrons. The van der Waals surface area contributed by atoms with Crippen molar-refractivity contribution in [3.63, 3.8) is 0 Å². The largest absolute Gasteiger partial charge is 0.493 e. The number of methoxy groups -OCH3 is 1. The average Bonchev–Trinajstić information content (AvgIpc) is 3.10. The first-order valence-electron chi connectivity index (χ1n) is 10.7. The van der Waals surface area contributed by atoms with Crippen LogP contribution in [-0.2, 0) is 20.9 Å². The summed E-state index contributed by atoms with van der Waals surface area (Å²) in [6, 6.07) is 11.8. The fraction of sp³-hybridized carbons (Fsp3) is 0.292. The van der Waals surface area contributed by atoms with Crippen LogP contribution in [0.25, 0.3) is 6.08 Å². The summed E-state index contributed by atoms with van der Waals surface area (Å²) in [5, 5.41) is 11.1. The van der Waals surface area contributed by atoms with Gasteiger partial charge in [-0.25, -0.2) is 0 Å². The topological polar surface area (TPSA) is 125 Å². The maximum Gasteiger partial charge on any atom is 0.326 e. The lowest BCUT2D eigenvalue weighted by Gasteiger charge is -2.15. The number of nitro benzene ring substituents is 1. The quantitative estimate of drug-likeness (QED) is 0.200. The van der Waals surface area contributed by atoms with Crippen LogP contribution in [0.2, 0.25) is 0 Å². The molecule has 3 rings (SSSR count). The Hall–Kier alpha value is -3.86. The molecule has 0 N–H and O–H groups in total. The van der Waals surface area contributed by atoms with Crippen LogP contribution in [-0.4, -0.2) is 46.7 Å². The number of carbonyl (C=O) groups is 3. The molecule has 0 bridgehead atoms. The molecule has 2 amide bonds. The molecule has 0 aromatic heterocycles. The van der Waals surface area contributed by atoms with Gasteiger partial charge in [-0.3, -0.25) is 29.4 Å². The Balaban J connectivity index is 1.86. The molecular weight excluding hydrogens is 476 g/mol. The first kappa shape index (κ1) is 25.8. The number of hydrogen-bond donors (Lipinski definition) is 0. The van der Waals surface area contributed by atoms with Crippen LogP contribution in [0.15, 0.2) is 47.4 Å². The van der Waals surface area contributed by atoms with Crippen LogP contribution < -0.4 is 9.47 Å². The van der Waals surface area contributed by atoms with E-state index in [1.807, 2.05) is 37.3 Å². The fourth-order valence-corrected chi connectivity index (χ4v) is 3.93. The Labute approximate surface area is 206 Å². The van der Waals surface area contributed by atoms with Crippen LogP contribution in [0.4, 0.5) is 10.5 Å². The summed E-state index contributed by atoms with van der Waals surface area (Å²) in [6.07, 6.45) is 1.46. The van der Waals surface area contributed by atoms with Crippen molar-refractivity contribution in [3.05, 3.63) is 68.6 Å². The van der Waals surface area contributed by atoms with E-state index in [2.05, 4.69) is 0 Å². The maximum absolute atomic E-state index is 12.8. The smallest absolute Gasteiger partial charge is 0.326 e. The molecule has 0 saturated carbocycles. The molecule has 35 heavy (non-hydrogen) atoms. The summed E-state index contributed by atoms with van der Waals surface area (Å²) >= 11 is 0.585. The highest BCUT2D eigenvalue weighted by Gasteiger charge is 2.37. The molecule has 0 unspecified atom stereocenters. The molecule has 10 nitrogen and oxygen atoms in total. The first-order chi connectivity index (χ1) is 16.7. The number of nitrogens with zero attached hydrogens (tertiary/aromatic N) is 2. The predicted octanol–water partition coefficient (Wildman–Crippen LogP) is 4.56. The summed E-state index contributed by atoms with van der Waals surface area (Å²) in [5.41, 5.74) is 0.574. The third-order valence-corrected chi connectivity index (χ3v) is 6.01. The highest BCUT2D eigenvalue weighted by atomic mass is 32.2. The Morgan fingerprint density at radius 2 is 1.91 bits per heavy atom. The summed E-state index contributed by atoms with van der Waals surface area (Å²) in [7, 11) is 1.39. The van der Waals surface area contributed by atoms with Gasteiger partial charge in [0.25, 0.3) is 16.8 Å². The number of benzene rings is 2. The molecule has 2 aromatic carbocycles. The summed E-state index contributed by atoms with van der Waals surface area (Å²) in [4.78, 5) is 49.0. The van der Waals surface area contributed by atoms with Crippen LogP contribution in [0.5, 0.6) is 11.5 Å². The summed E-state index contributed by atoms with van der Waals surface area (Å²) in [5.74, 6) is -1.08. The average molecular weight is 501 g/mol. The molecular formula is C24H24N2O8S. The second-order valence-corrected chi connectivity index (χ2v) is 8.56. The van der Waals surface area contributed by atoms with E-state index in [-0.39, 0.29) is 40.4 Å². The molecule has 1 fully saturated rings. The van der Waals surface area contributed by atoms with Gasteiger partial charge >= 0.3 is 5.97 Å². The number of carbonyl (C=O) groups excluding carboxylic acids is 3. The molecule has 1 heterocycles. The van der Waals surface area contributed by atoms with Crippen molar-refractivity contribution in [1.29, 1.82) is 0 Å². The molecule has 1 atom stereocenters. The number of esters is 1. The SMILES string of the molecule is CC[C@@H](C)OC(=O)CN1C(=O)S/C(=C/c2cc(OC)c(OCc3ccccc3)cc2[N+](=O)[O-])C1=O. The number of hydrogen-bond acceptors (Lipinski definition) is 9. The van der Waals surface area contributed by atoms with Crippen molar-refractivity contribution in [2.24, 2.45) is 0 Å². The Morgan fingerprint density at radius 3 is 2.54 bits per heavy atom.